The van der Waals surface area contributed by atoms with E-state index in [9.17, 15) is 0 Å². The Morgan fingerprint density at radius 1 is 1.00 bits per heavy atom. The maximum Gasteiger partial charge on any atom is 0.258 e. The Morgan fingerprint density at radius 3 is 2.78 bits per heavy atom. The van der Waals surface area contributed by atoms with E-state index in [1.54, 1.807) is 32.5 Å². The van der Waals surface area contributed by atoms with Crippen molar-refractivity contribution >= 4 is 10.9 Å². The first-order chi connectivity index (χ1) is 13.3. The summed E-state index contributed by atoms with van der Waals surface area (Å²) < 4.78 is 20.8. The van der Waals surface area contributed by atoms with Crippen LogP contribution in [0.3, 0.4) is 0 Å². The highest BCUT2D eigenvalue weighted by Crippen LogP contribution is 2.26. The second kappa shape index (κ2) is 7.38. The molecule has 0 amide bonds. The molecule has 0 atom stereocenters. The van der Waals surface area contributed by atoms with E-state index < -0.39 is 0 Å². The standard InChI is InChI=1S/C19H16N4O4/c1-24-11-26-14-4-6-15-12(9-14)3-5-16(21-15)18-22-19(27-23-18)13-7-8-20-17(10-13)25-2/h3-10H,11H2,1-2H3. The van der Waals surface area contributed by atoms with E-state index in [2.05, 4.69) is 20.1 Å². The molecular weight excluding hydrogens is 348 g/mol. The van der Waals surface area contributed by atoms with Crippen molar-refractivity contribution in [1.82, 2.24) is 20.1 Å². The van der Waals surface area contributed by atoms with Gasteiger partial charge >= 0.3 is 0 Å². The monoisotopic (exact) mass is 364 g/mol. The molecule has 0 aliphatic rings. The Hall–Kier alpha value is -3.52. The highest BCUT2D eigenvalue weighted by molar-refractivity contribution is 5.82. The molecule has 3 heterocycles. The second-order valence-electron chi connectivity index (χ2n) is 5.61. The van der Waals surface area contributed by atoms with Crippen molar-refractivity contribution in [3.05, 3.63) is 48.7 Å². The Balaban J connectivity index is 1.63. The molecule has 27 heavy (non-hydrogen) atoms. The average molecular weight is 364 g/mol. The minimum absolute atomic E-state index is 0.197. The number of hydrogen-bond donors (Lipinski definition) is 0. The molecule has 4 aromatic rings. The number of methoxy groups -OCH3 is 2. The lowest BCUT2D eigenvalue weighted by molar-refractivity contribution is 0.0512. The number of nitrogens with zero attached hydrogens (tertiary/aromatic N) is 4. The van der Waals surface area contributed by atoms with Gasteiger partial charge in [-0.2, -0.15) is 4.98 Å². The summed E-state index contributed by atoms with van der Waals surface area (Å²) in [6.07, 6.45) is 1.62. The molecule has 8 heteroatoms. The van der Waals surface area contributed by atoms with Crippen molar-refractivity contribution in [2.75, 3.05) is 21.0 Å². The van der Waals surface area contributed by atoms with E-state index in [0.717, 1.165) is 16.5 Å². The molecule has 0 unspecified atom stereocenters. The van der Waals surface area contributed by atoms with Crippen LogP contribution < -0.4 is 9.47 Å². The fourth-order valence-corrected chi connectivity index (χ4v) is 2.54. The second-order valence-corrected chi connectivity index (χ2v) is 5.61. The molecule has 0 saturated heterocycles. The van der Waals surface area contributed by atoms with E-state index in [-0.39, 0.29) is 6.79 Å². The third-order valence-corrected chi connectivity index (χ3v) is 3.85. The van der Waals surface area contributed by atoms with Crippen molar-refractivity contribution in [1.29, 1.82) is 0 Å². The first kappa shape index (κ1) is 16.9. The highest BCUT2D eigenvalue weighted by Gasteiger charge is 2.13. The van der Waals surface area contributed by atoms with Gasteiger partial charge in [0.05, 0.1) is 12.6 Å². The van der Waals surface area contributed by atoms with E-state index in [4.69, 9.17) is 18.7 Å². The maximum atomic E-state index is 5.44. The first-order valence-electron chi connectivity index (χ1n) is 8.14. The summed E-state index contributed by atoms with van der Waals surface area (Å²) in [6, 6.07) is 12.9. The van der Waals surface area contributed by atoms with E-state index in [1.807, 2.05) is 30.3 Å². The van der Waals surface area contributed by atoms with Crippen molar-refractivity contribution in [3.63, 3.8) is 0 Å². The molecule has 8 nitrogen and oxygen atoms in total. The van der Waals surface area contributed by atoms with Gasteiger partial charge in [-0.1, -0.05) is 11.2 Å². The summed E-state index contributed by atoms with van der Waals surface area (Å²) >= 11 is 0. The zero-order valence-electron chi connectivity index (χ0n) is 14.7. The summed E-state index contributed by atoms with van der Waals surface area (Å²) in [5, 5.41) is 4.97. The van der Waals surface area contributed by atoms with Crippen LogP contribution in [-0.2, 0) is 4.74 Å². The third kappa shape index (κ3) is 3.56. The third-order valence-electron chi connectivity index (χ3n) is 3.85. The van der Waals surface area contributed by atoms with Crippen LogP contribution in [0, 0.1) is 0 Å². The molecule has 3 aromatic heterocycles. The van der Waals surface area contributed by atoms with Crippen molar-refractivity contribution in [2.45, 2.75) is 0 Å². The van der Waals surface area contributed by atoms with Gasteiger partial charge < -0.3 is 18.7 Å². The van der Waals surface area contributed by atoms with Gasteiger partial charge in [-0.3, -0.25) is 0 Å². The Kier molecular flexibility index (Phi) is 4.63. The van der Waals surface area contributed by atoms with Crippen molar-refractivity contribution < 1.29 is 18.7 Å². The smallest absolute Gasteiger partial charge is 0.258 e. The van der Waals surface area contributed by atoms with Crippen molar-refractivity contribution in [3.8, 4) is 34.6 Å². The molecule has 0 spiro atoms. The molecule has 0 aliphatic carbocycles. The van der Waals surface area contributed by atoms with Gasteiger partial charge in [0.15, 0.2) is 6.79 Å². The number of rotatable bonds is 6. The molecule has 0 saturated carbocycles. The number of pyridine rings is 2. The zero-order valence-corrected chi connectivity index (χ0v) is 14.7. The maximum absolute atomic E-state index is 5.44. The topological polar surface area (TPSA) is 92.4 Å². The molecule has 0 radical (unpaired) electrons. The van der Waals surface area contributed by atoms with Gasteiger partial charge in [-0.05, 0) is 30.3 Å². The Bertz CT molecular complexity index is 1080. The Labute approximate surface area is 154 Å². The average Bonchev–Trinajstić information content (AvgIpc) is 3.22. The van der Waals surface area contributed by atoms with Crippen molar-refractivity contribution in [2.24, 2.45) is 0 Å². The van der Waals surface area contributed by atoms with E-state index in [1.165, 1.54) is 0 Å². The van der Waals surface area contributed by atoms with Crippen LogP contribution in [0.5, 0.6) is 11.6 Å². The molecule has 0 bridgehead atoms. The number of ether oxygens (including phenoxy) is 3. The fourth-order valence-electron chi connectivity index (χ4n) is 2.54. The van der Waals surface area contributed by atoms with Gasteiger partial charge in [0, 0.05) is 30.3 Å². The Morgan fingerprint density at radius 2 is 1.93 bits per heavy atom. The van der Waals surface area contributed by atoms with Crippen LogP contribution in [0.15, 0.2) is 53.2 Å². The van der Waals surface area contributed by atoms with Crippen LogP contribution in [0.1, 0.15) is 0 Å². The first-order valence-corrected chi connectivity index (χ1v) is 8.14. The number of hydrogen-bond acceptors (Lipinski definition) is 8. The normalized spacial score (nSPS) is 10.9. The highest BCUT2D eigenvalue weighted by atomic mass is 16.7. The van der Waals surface area contributed by atoms with E-state index in [0.29, 0.717) is 29.0 Å². The largest absolute Gasteiger partial charge is 0.481 e. The predicted molar refractivity (Wildman–Crippen MR) is 97.3 cm³/mol. The van der Waals surface area contributed by atoms with Gasteiger partial charge in [0.25, 0.3) is 5.89 Å². The van der Waals surface area contributed by atoms with Gasteiger partial charge in [-0.25, -0.2) is 9.97 Å². The summed E-state index contributed by atoms with van der Waals surface area (Å²) in [5.74, 6) is 1.97. The van der Waals surface area contributed by atoms with Gasteiger partial charge in [0.1, 0.15) is 11.4 Å². The zero-order chi connectivity index (χ0) is 18.6. The summed E-state index contributed by atoms with van der Waals surface area (Å²) in [7, 11) is 3.13. The molecule has 0 N–H and O–H groups in total. The van der Waals surface area contributed by atoms with Crippen LogP contribution >= 0.6 is 0 Å². The minimum Gasteiger partial charge on any atom is -0.481 e. The molecule has 0 aliphatic heterocycles. The van der Waals surface area contributed by atoms with Crippen LogP contribution in [-0.4, -0.2) is 41.1 Å². The number of aromatic nitrogens is 4. The van der Waals surface area contributed by atoms with Crippen LogP contribution in [0.2, 0.25) is 0 Å². The quantitative estimate of drug-likeness (QED) is 0.481. The molecule has 4 rings (SSSR count). The number of fused-ring (bicyclic) bond motifs is 1. The molecule has 1 aromatic carbocycles. The lowest BCUT2D eigenvalue weighted by atomic mass is 10.2. The van der Waals surface area contributed by atoms with Crippen LogP contribution in [0.4, 0.5) is 0 Å². The summed E-state index contributed by atoms with van der Waals surface area (Å²) in [6.45, 7) is 0.197. The lowest BCUT2D eigenvalue weighted by Crippen LogP contribution is -1.98. The van der Waals surface area contributed by atoms with E-state index >= 15 is 0 Å². The minimum atomic E-state index is 0.197. The molecular formula is C19H16N4O4. The molecule has 0 fully saturated rings. The summed E-state index contributed by atoms with van der Waals surface area (Å²) in [4.78, 5) is 13.1. The fraction of sp³-hybridized carbons (Fsp3) is 0.158. The number of benzene rings is 1. The van der Waals surface area contributed by atoms with Gasteiger partial charge in [-0.15, -0.1) is 0 Å². The van der Waals surface area contributed by atoms with Crippen LogP contribution in [0.25, 0.3) is 33.9 Å². The summed E-state index contributed by atoms with van der Waals surface area (Å²) in [5.41, 5.74) is 2.14. The predicted octanol–water partition coefficient (Wildman–Crippen LogP) is 3.34. The molecule has 136 valence electrons. The van der Waals surface area contributed by atoms with Gasteiger partial charge in [0.2, 0.25) is 11.7 Å². The SMILES string of the molecule is COCOc1ccc2nc(-c3noc(-c4ccnc(OC)c4)n3)ccc2c1. The lowest BCUT2D eigenvalue weighted by Gasteiger charge is -2.06.